The molecule has 1 aliphatic rings. The van der Waals surface area contributed by atoms with E-state index in [-0.39, 0.29) is 6.10 Å². The standard InChI is InChI=1S/C10H15N3O/c1-6-5-11-7(2)10(12-6)13-8-3-9(14)4-8/h5,8-9,14H,3-4H2,1-2H3,(H,12,13). The Morgan fingerprint density at radius 1 is 1.43 bits per heavy atom. The molecule has 1 aromatic heterocycles. The third-order valence-electron chi connectivity index (χ3n) is 2.53. The summed E-state index contributed by atoms with van der Waals surface area (Å²) in [6, 6.07) is 0.361. The summed E-state index contributed by atoms with van der Waals surface area (Å²) < 4.78 is 0. The smallest absolute Gasteiger partial charge is 0.147 e. The molecule has 0 aliphatic heterocycles. The first-order valence-electron chi connectivity index (χ1n) is 4.90. The van der Waals surface area contributed by atoms with Gasteiger partial charge in [0.05, 0.1) is 17.5 Å². The number of aliphatic hydroxyl groups excluding tert-OH is 1. The highest BCUT2D eigenvalue weighted by molar-refractivity contribution is 5.41. The van der Waals surface area contributed by atoms with Gasteiger partial charge in [-0.3, -0.25) is 4.98 Å². The normalized spacial score (nSPS) is 25.6. The third kappa shape index (κ3) is 1.85. The van der Waals surface area contributed by atoms with Crippen molar-refractivity contribution in [2.45, 2.75) is 38.8 Å². The predicted octanol–water partition coefficient (Wildman–Crippen LogP) is 1.03. The third-order valence-corrected chi connectivity index (χ3v) is 2.53. The summed E-state index contributed by atoms with van der Waals surface area (Å²) in [6.07, 6.45) is 3.26. The molecule has 0 spiro atoms. The highest BCUT2D eigenvalue weighted by Gasteiger charge is 2.27. The lowest BCUT2D eigenvalue weighted by molar-refractivity contribution is 0.0835. The average molecular weight is 193 g/mol. The van der Waals surface area contributed by atoms with Crippen LogP contribution >= 0.6 is 0 Å². The molecule has 2 N–H and O–H groups in total. The van der Waals surface area contributed by atoms with Crippen LogP contribution in [0.15, 0.2) is 6.20 Å². The van der Waals surface area contributed by atoms with E-state index in [0.717, 1.165) is 30.0 Å². The van der Waals surface area contributed by atoms with Crippen LogP contribution in [0.25, 0.3) is 0 Å². The summed E-state index contributed by atoms with van der Waals surface area (Å²) >= 11 is 0. The number of nitrogens with one attached hydrogen (secondary N) is 1. The number of anilines is 1. The molecule has 0 atom stereocenters. The van der Waals surface area contributed by atoms with E-state index in [4.69, 9.17) is 5.11 Å². The van der Waals surface area contributed by atoms with E-state index in [1.54, 1.807) is 6.20 Å². The minimum atomic E-state index is -0.134. The summed E-state index contributed by atoms with van der Waals surface area (Å²) in [4.78, 5) is 8.59. The summed E-state index contributed by atoms with van der Waals surface area (Å²) in [7, 11) is 0. The Kier molecular flexibility index (Phi) is 2.37. The fraction of sp³-hybridized carbons (Fsp3) is 0.600. The van der Waals surface area contributed by atoms with Crippen LogP contribution in [0.5, 0.6) is 0 Å². The molecule has 1 heterocycles. The van der Waals surface area contributed by atoms with Crippen molar-refractivity contribution in [1.29, 1.82) is 0 Å². The number of rotatable bonds is 2. The first-order chi connectivity index (χ1) is 6.65. The van der Waals surface area contributed by atoms with Gasteiger partial charge in [0.1, 0.15) is 5.82 Å². The molecule has 0 amide bonds. The minimum Gasteiger partial charge on any atom is -0.393 e. The van der Waals surface area contributed by atoms with Crippen molar-refractivity contribution in [3.8, 4) is 0 Å². The highest BCUT2D eigenvalue weighted by Crippen LogP contribution is 2.23. The van der Waals surface area contributed by atoms with Crippen molar-refractivity contribution in [2.75, 3.05) is 5.32 Å². The minimum absolute atomic E-state index is 0.134. The Morgan fingerprint density at radius 2 is 2.14 bits per heavy atom. The highest BCUT2D eigenvalue weighted by atomic mass is 16.3. The number of hydrogen-bond acceptors (Lipinski definition) is 4. The molecule has 2 rings (SSSR count). The lowest BCUT2D eigenvalue weighted by atomic mass is 9.89. The zero-order chi connectivity index (χ0) is 10.1. The van der Waals surface area contributed by atoms with Gasteiger partial charge in [0.15, 0.2) is 0 Å². The second-order valence-corrected chi connectivity index (χ2v) is 3.91. The monoisotopic (exact) mass is 193 g/mol. The number of nitrogens with zero attached hydrogens (tertiary/aromatic N) is 2. The van der Waals surface area contributed by atoms with Crippen LogP contribution in [0, 0.1) is 13.8 Å². The molecule has 4 nitrogen and oxygen atoms in total. The van der Waals surface area contributed by atoms with Crippen LogP contribution in [-0.4, -0.2) is 27.2 Å². The van der Waals surface area contributed by atoms with Crippen molar-refractivity contribution >= 4 is 5.82 Å². The fourth-order valence-electron chi connectivity index (χ4n) is 1.57. The topological polar surface area (TPSA) is 58.0 Å². The Hall–Kier alpha value is -1.16. The molecule has 0 aromatic carbocycles. The van der Waals surface area contributed by atoms with E-state index in [1.807, 2.05) is 13.8 Å². The van der Waals surface area contributed by atoms with Crippen LogP contribution in [0.2, 0.25) is 0 Å². The van der Waals surface area contributed by atoms with E-state index < -0.39 is 0 Å². The van der Waals surface area contributed by atoms with Crippen molar-refractivity contribution in [3.63, 3.8) is 0 Å². The van der Waals surface area contributed by atoms with Gasteiger partial charge < -0.3 is 10.4 Å². The van der Waals surface area contributed by atoms with Crippen LogP contribution in [0.4, 0.5) is 5.82 Å². The van der Waals surface area contributed by atoms with Gasteiger partial charge in [-0.2, -0.15) is 0 Å². The van der Waals surface area contributed by atoms with Gasteiger partial charge >= 0.3 is 0 Å². The van der Waals surface area contributed by atoms with Crippen LogP contribution in [-0.2, 0) is 0 Å². The van der Waals surface area contributed by atoms with Gasteiger partial charge in [0, 0.05) is 12.2 Å². The molecule has 1 aliphatic carbocycles. The average Bonchev–Trinajstić information content (AvgIpc) is 2.09. The summed E-state index contributed by atoms with van der Waals surface area (Å²) in [5.74, 6) is 0.849. The number of aliphatic hydroxyl groups is 1. The SMILES string of the molecule is Cc1cnc(C)c(NC2CC(O)C2)n1. The van der Waals surface area contributed by atoms with Gasteiger partial charge in [-0.15, -0.1) is 0 Å². The van der Waals surface area contributed by atoms with E-state index in [2.05, 4.69) is 15.3 Å². The Labute approximate surface area is 83.4 Å². The lowest BCUT2D eigenvalue weighted by Gasteiger charge is -2.32. The molecule has 0 radical (unpaired) electrons. The second kappa shape index (κ2) is 3.53. The van der Waals surface area contributed by atoms with Gasteiger partial charge in [0.25, 0.3) is 0 Å². The van der Waals surface area contributed by atoms with E-state index >= 15 is 0 Å². The number of aromatic nitrogens is 2. The van der Waals surface area contributed by atoms with Gasteiger partial charge in [-0.05, 0) is 26.7 Å². The first kappa shape index (κ1) is 9.40. The van der Waals surface area contributed by atoms with Crippen LogP contribution in [0.3, 0.4) is 0 Å². The molecule has 4 heteroatoms. The molecule has 76 valence electrons. The van der Waals surface area contributed by atoms with E-state index in [1.165, 1.54) is 0 Å². The maximum absolute atomic E-state index is 9.14. The summed E-state index contributed by atoms with van der Waals surface area (Å²) in [6.45, 7) is 3.86. The quantitative estimate of drug-likeness (QED) is 0.736. The summed E-state index contributed by atoms with van der Waals surface area (Å²) in [5.41, 5.74) is 1.83. The predicted molar refractivity (Wildman–Crippen MR) is 54.2 cm³/mol. The fourth-order valence-corrected chi connectivity index (χ4v) is 1.57. The molecule has 0 unspecified atom stereocenters. The second-order valence-electron chi connectivity index (χ2n) is 3.91. The molecule has 1 aromatic rings. The Balaban J connectivity index is 2.05. The lowest BCUT2D eigenvalue weighted by Crippen LogP contribution is -2.39. The largest absolute Gasteiger partial charge is 0.393 e. The Bertz CT molecular complexity index is 334. The maximum Gasteiger partial charge on any atom is 0.147 e. The number of aryl methyl sites for hydroxylation is 2. The molecular weight excluding hydrogens is 178 g/mol. The van der Waals surface area contributed by atoms with Crippen molar-refractivity contribution < 1.29 is 5.11 Å². The zero-order valence-corrected chi connectivity index (χ0v) is 8.49. The molecule has 1 fully saturated rings. The van der Waals surface area contributed by atoms with E-state index in [9.17, 15) is 0 Å². The molecular formula is C10H15N3O. The van der Waals surface area contributed by atoms with Crippen LogP contribution < -0.4 is 5.32 Å². The van der Waals surface area contributed by atoms with Gasteiger partial charge in [-0.25, -0.2) is 4.98 Å². The van der Waals surface area contributed by atoms with Gasteiger partial charge in [0.2, 0.25) is 0 Å². The molecule has 14 heavy (non-hydrogen) atoms. The van der Waals surface area contributed by atoms with E-state index in [0.29, 0.717) is 6.04 Å². The molecule has 0 bridgehead atoms. The molecule has 1 saturated carbocycles. The van der Waals surface area contributed by atoms with Crippen molar-refractivity contribution in [2.24, 2.45) is 0 Å². The first-order valence-corrected chi connectivity index (χ1v) is 4.90. The zero-order valence-electron chi connectivity index (χ0n) is 8.49. The van der Waals surface area contributed by atoms with Gasteiger partial charge in [-0.1, -0.05) is 0 Å². The van der Waals surface area contributed by atoms with Crippen LogP contribution in [0.1, 0.15) is 24.2 Å². The maximum atomic E-state index is 9.14. The van der Waals surface area contributed by atoms with Crippen molar-refractivity contribution in [1.82, 2.24) is 9.97 Å². The van der Waals surface area contributed by atoms with Crippen molar-refractivity contribution in [3.05, 3.63) is 17.6 Å². The Morgan fingerprint density at radius 3 is 2.79 bits per heavy atom. The number of hydrogen-bond donors (Lipinski definition) is 2. The summed E-state index contributed by atoms with van der Waals surface area (Å²) in [5, 5.41) is 12.4. The molecule has 0 saturated heterocycles.